The van der Waals surface area contributed by atoms with Crippen LogP contribution < -0.4 is 5.32 Å². The van der Waals surface area contributed by atoms with Crippen molar-refractivity contribution in [2.75, 3.05) is 0 Å². The van der Waals surface area contributed by atoms with E-state index in [2.05, 4.69) is 15.5 Å². The lowest BCUT2D eigenvalue weighted by Gasteiger charge is -2.38. The van der Waals surface area contributed by atoms with Crippen LogP contribution in [-0.4, -0.2) is 32.7 Å². The summed E-state index contributed by atoms with van der Waals surface area (Å²) in [5.41, 5.74) is 0.655. The topological polar surface area (TPSA) is 95.1 Å². The zero-order chi connectivity index (χ0) is 14.9. The van der Waals surface area contributed by atoms with Crippen LogP contribution in [0.5, 0.6) is 0 Å². The van der Waals surface area contributed by atoms with Crippen LogP contribution >= 0.6 is 0 Å². The summed E-state index contributed by atoms with van der Waals surface area (Å²) in [4.78, 5) is 23.7. The Morgan fingerprint density at radius 1 is 1.24 bits per heavy atom. The van der Waals surface area contributed by atoms with Gasteiger partial charge in [-0.3, -0.25) is 9.89 Å². The molecule has 0 unspecified atom stereocenters. The summed E-state index contributed by atoms with van der Waals surface area (Å²) in [7, 11) is 0. The van der Waals surface area contributed by atoms with Gasteiger partial charge in [-0.05, 0) is 19.3 Å². The molecule has 0 bridgehead atoms. The molecule has 1 saturated carbocycles. The minimum atomic E-state index is -1.12. The summed E-state index contributed by atoms with van der Waals surface area (Å²) in [5.74, 6) is -1.39. The fraction of sp³-hybridized carbons (Fsp3) is 0.267. The number of carboxylic acids is 1. The monoisotopic (exact) mass is 285 g/mol. The van der Waals surface area contributed by atoms with E-state index < -0.39 is 17.4 Å². The zero-order valence-corrected chi connectivity index (χ0v) is 11.3. The number of aromatic amines is 1. The van der Waals surface area contributed by atoms with E-state index in [0.29, 0.717) is 24.1 Å². The second-order valence-electron chi connectivity index (χ2n) is 5.22. The molecule has 1 amide bonds. The molecule has 3 N–H and O–H groups in total. The molecule has 6 nitrogen and oxygen atoms in total. The maximum absolute atomic E-state index is 12.4. The van der Waals surface area contributed by atoms with Crippen molar-refractivity contribution in [2.45, 2.75) is 24.8 Å². The van der Waals surface area contributed by atoms with Crippen LogP contribution in [0.2, 0.25) is 0 Å². The number of hydrogen-bond donors (Lipinski definition) is 3. The first-order chi connectivity index (χ1) is 10.1. The molecule has 3 rings (SSSR count). The van der Waals surface area contributed by atoms with Crippen LogP contribution in [0, 0.1) is 0 Å². The Labute approximate surface area is 121 Å². The van der Waals surface area contributed by atoms with Gasteiger partial charge in [0.15, 0.2) is 0 Å². The number of benzene rings is 1. The summed E-state index contributed by atoms with van der Waals surface area (Å²) >= 11 is 0. The molecule has 1 aliphatic rings. The predicted octanol–water partition coefficient (Wildman–Crippen LogP) is 1.81. The van der Waals surface area contributed by atoms with Crippen LogP contribution in [0.4, 0.5) is 0 Å². The molecule has 0 spiro atoms. The third-order valence-corrected chi connectivity index (χ3v) is 3.92. The first-order valence-electron chi connectivity index (χ1n) is 6.77. The summed E-state index contributed by atoms with van der Waals surface area (Å²) in [6, 6.07) is 9.33. The molecule has 0 saturated heterocycles. The van der Waals surface area contributed by atoms with E-state index in [9.17, 15) is 14.7 Å². The van der Waals surface area contributed by atoms with Crippen molar-refractivity contribution in [2.24, 2.45) is 0 Å². The third kappa shape index (κ3) is 2.29. The SMILES string of the molecule is O=C(NC1(C(=O)O)CCC1)c1cn[nH]c1-c1ccccc1. The van der Waals surface area contributed by atoms with E-state index in [1.807, 2.05) is 30.3 Å². The van der Waals surface area contributed by atoms with Crippen LogP contribution in [0.25, 0.3) is 11.3 Å². The molecule has 6 heteroatoms. The second kappa shape index (κ2) is 5.05. The van der Waals surface area contributed by atoms with Crippen molar-refractivity contribution in [3.05, 3.63) is 42.1 Å². The van der Waals surface area contributed by atoms with Crippen LogP contribution in [0.15, 0.2) is 36.5 Å². The Bertz CT molecular complexity index is 674. The minimum absolute atomic E-state index is 0.355. The molecule has 1 aromatic carbocycles. The van der Waals surface area contributed by atoms with Crippen molar-refractivity contribution in [1.82, 2.24) is 15.5 Å². The van der Waals surface area contributed by atoms with Gasteiger partial charge in [0.1, 0.15) is 5.54 Å². The fourth-order valence-corrected chi connectivity index (χ4v) is 2.49. The lowest BCUT2D eigenvalue weighted by atomic mass is 9.76. The number of rotatable bonds is 4. The summed E-state index contributed by atoms with van der Waals surface area (Å²) in [6.45, 7) is 0. The van der Waals surface area contributed by atoms with E-state index in [-0.39, 0.29) is 0 Å². The molecule has 21 heavy (non-hydrogen) atoms. The Kier molecular flexibility index (Phi) is 3.21. The van der Waals surface area contributed by atoms with E-state index in [1.54, 1.807) is 0 Å². The van der Waals surface area contributed by atoms with E-state index in [4.69, 9.17) is 0 Å². The molecule has 1 aliphatic carbocycles. The second-order valence-corrected chi connectivity index (χ2v) is 5.22. The average molecular weight is 285 g/mol. The highest BCUT2D eigenvalue weighted by Crippen LogP contribution is 2.33. The zero-order valence-electron chi connectivity index (χ0n) is 11.3. The van der Waals surface area contributed by atoms with E-state index in [0.717, 1.165) is 12.0 Å². The Hall–Kier alpha value is -2.63. The van der Waals surface area contributed by atoms with Crippen molar-refractivity contribution >= 4 is 11.9 Å². The third-order valence-electron chi connectivity index (χ3n) is 3.92. The molecule has 1 fully saturated rings. The number of carboxylic acid groups (broad SMARTS) is 1. The molecule has 108 valence electrons. The number of carbonyl (C=O) groups is 2. The van der Waals surface area contributed by atoms with Crippen molar-refractivity contribution in [3.63, 3.8) is 0 Å². The summed E-state index contributed by atoms with van der Waals surface area (Å²) in [5, 5.41) is 18.6. The fourth-order valence-electron chi connectivity index (χ4n) is 2.49. The molecule has 2 aromatic rings. The number of nitrogens with one attached hydrogen (secondary N) is 2. The predicted molar refractivity (Wildman–Crippen MR) is 75.7 cm³/mol. The van der Waals surface area contributed by atoms with Gasteiger partial charge in [0.25, 0.3) is 5.91 Å². The number of amides is 1. The Morgan fingerprint density at radius 3 is 2.52 bits per heavy atom. The maximum Gasteiger partial charge on any atom is 0.329 e. The molecular formula is C15H15N3O3. The van der Waals surface area contributed by atoms with Gasteiger partial charge < -0.3 is 10.4 Å². The van der Waals surface area contributed by atoms with Crippen molar-refractivity contribution in [3.8, 4) is 11.3 Å². The Morgan fingerprint density at radius 2 is 1.95 bits per heavy atom. The normalized spacial score (nSPS) is 16.0. The van der Waals surface area contributed by atoms with Gasteiger partial charge in [-0.15, -0.1) is 0 Å². The van der Waals surface area contributed by atoms with Crippen molar-refractivity contribution in [1.29, 1.82) is 0 Å². The number of H-pyrrole nitrogens is 1. The maximum atomic E-state index is 12.4. The largest absolute Gasteiger partial charge is 0.480 e. The van der Waals surface area contributed by atoms with Crippen molar-refractivity contribution < 1.29 is 14.7 Å². The van der Waals surface area contributed by atoms with Crippen LogP contribution in [0.3, 0.4) is 0 Å². The van der Waals surface area contributed by atoms with Crippen LogP contribution in [-0.2, 0) is 4.79 Å². The number of aromatic nitrogens is 2. The highest BCUT2D eigenvalue weighted by Gasteiger charge is 2.46. The van der Waals surface area contributed by atoms with E-state index >= 15 is 0 Å². The molecular weight excluding hydrogens is 270 g/mol. The van der Waals surface area contributed by atoms with E-state index in [1.165, 1.54) is 6.20 Å². The van der Waals surface area contributed by atoms with Gasteiger partial charge >= 0.3 is 5.97 Å². The minimum Gasteiger partial charge on any atom is -0.480 e. The Balaban J connectivity index is 1.87. The average Bonchev–Trinajstić information content (AvgIpc) is 2.92. The highest BCUT2D eigenvalue weighted by molar-refractivity contribution is 6.02. The lowest BCUT2D eigenvalue weighted by Crippen LogP contribution is -2.59. The molecule has 0 atom stereocenters. The number of nitrogens with zero attached hydrogens (tertiary/aromatic N) is 1. The molecule has 0 radical (unpaired) electrons. The number of aliphatic carboxylic acids is 1. The lowest BCUT2D eigenvalue weighted by molar-refractivity contribution is -0.148. The smallest absolute Gasteiger partial charge is 0.329 e. The van der Waals surface area contributed by atoms with Gasteiger partial charge in [-0.2, -0.15) is 5.10 Å². The van der Waals surface area contributed by atoms with Gasteiger partial charge in [0.05, 0.1) is 17.5 Å². The number of carbonyl (C=O) groups excluding carboxylic acids is 1. The first-order valence-corrected chi connectivity index (χ1v) is 6.77. The molecule has 1 heterocycles. The number of hydrogen-bond acceptors (Lipinski definition) is 3. The highest BCUT2D eigenvalue weighted by atomic mass is 16.4. The van der Waals surface area contributed by atoms with Gasteiger partial charge in [-0.25, -0.2) is 4.79 Å². The van der Waals surface area contributed by atoms with Crippen LogP contribution in [0.1, 0.15) is 29.6 Å². The standard InChI is InChI=1S/C15H15N3O3/c19-13(17-15(14(20)21)7-4-8-15)11-9-16-18-12(11)10-5-2-1-3-6-10/h1-3,5-6,9H,4,7-8H2,(H,16,18)(H,17,19)(H,20,21). The quantitative estimate of drug-likeness (QED) is 0.798. The molecule has 1 aromatic heterocycles. The van der Waals surface area contributed by atoms with Gasteiger partial charge in [-0.1, -0.05) is 30.3 Å². The molecule has 0 aliphatic heterocycles. The summed E-state index contributed by atoms with van der Waals surface area (Å²) in [6.07, 6.45) is 3.16. The first kappa shape index (κ1) is 13.4. The van der Waals surface area contributed by atoms with Gasteiger partial charge in [0.2, 0.25) is 0 Å². The summed E-state index contributed by atoms with van der Waals surface area (Å²) < 4.78 is 0. The van der Waals surface area contributed by atoms with Gasteiger partial charge in [0, 0.05) is 5.56 Å².